The molecule has 1 saturated heterocycles. The average molecular weight is 313 g/mol. The first-order valence-corrected chi connectivity index (χ1v) is 8.13. The van der Waals surface area contributed by atoms with Crippen molar-refractivity contribution < 1.29 is 28.2 Å². The largest absolute Gasteiger partial charge is 0.508 e. The van der Waals surface area contributed by atoms with E-state index in [9.17, 15) is 23.1 Å². The molecule has 0 bridgehead atoms. The SMILES string of the molecule is O=C(O)CN(C(=O)c1cccc(O)c1)C1CCS(=O)(=O)C1. The maximum absolute atomic E-state index is 12.4. The van der Waals surface area contributed by atoms with Gasteiger partial charge in [0.1, 0.15) is 12.3 Å². The molecule has 1 heterocycles. The number of nitrogens with zero attached hydrogens (tertiary/aromatic N) is 1. The normalized spacial score (nSPS) is 20.1. The number of aliphatic carboxylic acids is 1. The fourth-order valence-corrected chi connectivity index (χ4v) is 4.07. The molecule has 21 heavy (non-hydrogen) atoms. The van der Waals surface area contributed by atoms with Crippen LogP contribution in [0.1, 0.15) is 16.8 Å². The van der Waals surface area contributed by atoms with Crippen molar-refractivity contribution in [2.24, 2.45) is 0 Å². The van der Waals surface area contributed by atoms with Crippen LogP contribution in [0.3, 0.4) is 0 Å². The molecule has 0 aromatic heterocycles. The van der Waals surface area contributed by atoms with Gasteiger partial charge < -0.3 is 15.1 Å². The quantitative estimate of drug-likeness (QED) is 0.815. The van der Waals surface area contributed by atoms with Gasteiger partial charge in [0.05, 0.1) is 11.5 Å². The van der Waals surface area contributed by atoms with E-state index in [0.717, 1.165) is 4.90 Å². The molecule has 1 atom stereocenters. The van der Waals surface area contributed by atoms with Gasteiger partial charge in [0.15, 0.2) is 9.84 Å². The van der Waals surface area contributed by atoms with Crippen LogP contribution in [0.5, 0.6) is 5.75 Å². The Hall–Kier alpha value is -2.09. The summed E-state index contributed by atoms with van der Waals surface area (Å²) in [5, 5.41) is 18.3. The molecule has 8 heteroatoms. The molecule has 1 amide bonds. The van der Waals surface area contributed by atoms with Gasteiger partial charge in [0, 0.05) is 11.6 Å². The lowest BCUT2D eigenvalue weighted by atomic mass is 10.1. The van der Waals surface area contributed by atoms with Crippen molar-refractivity contribution in [2.45, 2.75) is 12.5 Å². The molecule has 1 aliphatic rings. The molecule has 1 unspecified atom stereocenters. The predicted molar refractivity (Wildman–Crippen MR) is 73.8 cm³/mol. The van der Waals surface area contributed by atoms with E-state index in [2.05, 4.69) is 0 Å². The zero-order valence-electron chi connectivity index (χ0n) is 11.1. The Kier molecular flexibility index (Phi) is 4.17. The molecule has 0 saturated carbocycles. The lowest BCUT2D eigenvalue weighted by Crippen LogP contribution is -2.44. The highest BCUT2D eigenvalue weighted by atomic mass is 32.2. The summed E-state index contributed by atoms with van der Waals surface area (Å²) in [6, 6.07) is 4.87. The summed E-state index contributed by atoms with van der Waals surface area (Å²) < 4.78 is 23.0. The number of sulfone groups is 1. The Bertz CT molecular complexity index is 669. The number of hydrogen-bond acceptors (Lipinski definition) is 5. The summed E-state index contributed by atoms with van der Waals surface area (Å²) in [6.45, 7) is -0.575. The number of aromatic hydroxyl groups is 1. The highest BCUT2D eigenvalue weighted by molar-refractivity contribution is 7.91. The minimum Gasteiger partial charge on any atom is -0.508 e. The molecule has 1 fully saturated rings. The van der Waals surface area contributed by atoms with Gasteiger partial charge in [0.25, 0.3) is 5.91 Å². The van der Waals surface area contributed by atoms with Crippen LogP contribution in [0.25, 0.3) is 0 Å². The van der Waals surface area contributed by atoms with Crippen LogP contribution in [-0.2, 0) is 14.6 Å². The van der Waals surface area contributed by atoms with Crippen molar-refractivity contribution in [3.8, 4) is 5.75 Å². The molecular weight excluding hydrogens is 298 g/mol. The monoisotopic (exact) mass is 313 g/mol. The predicted octanol–water partition coefficient (Wildman–Crippen LogP) is 0.106. The first-order valence-electron chi connectivity index (χ1n) is 6.31. The number of amides is 1. The van der Waals surface area contributed by atoms with E-state index in [1.807, 2.05) is 0 Å². The van der Waals surface area contributed by atoms with Crippen LogP contribution < -0.4 is 0 Å². The molecule has 0 spiro atoms. The highest BCUT2D eigenvalue weighted by Crippen LogP contribution is 2.21. The van der Waals surface area contributed by atoms with Crippen LogP contribution in [0.2, 0.25) is 0 Å². The van der Waals surface area contributed by atoms with Crippen molar-refractivity contribution in [3.63, 3.8) is 0 Å². The van der Waals surface area contributed by atoms with E-state index in [1.54, 1.807) is 0 Å². The van der Waals surface area contributed by atoms with Crippen LogP contribution in [0.4, 0.5) is 0 Å². The number of rotatable bonds is 4. The summed E-state index contributed by atoms with van der Waals surface area (Å²) >= 11 is 0. The maximum atomic E-state index is 12.4. The van der Waals surface area contributed by atoms with Crippen LogP contribution >= 0.6 is 0 Å². The van der Waals surface area contributed by atoms with E-state index in [1.165, 1.54) is 24.3 Å². The fraction of sp³-hybridized carbons (Fsp3) is 0.385. The molecule has 2 N–H and O–H groups in total. The Morgan fingerprint density at radius 2 is 2.05 bits per heavy atom. The van der Waals surface area contributed by atoms with E-state index in [0.29, 0.717) is 0 Å². The number of carbonyl (C=O) groups is 2. The smallest absolute Gasteiger partial charge is 0.323 e. The van der Waals surface area contributed by atoms with Gasteiger partial charge in [-0.05, 0) is 24.6 Å². The van der Waals surface area contributed by atoms with E-state index in [-0.39, 0.29) is 29.2 Å². The number of phenolic OH excluding ortho intramolecular Hbond substituents is 1. The van der Waals surface area contributed by atoms with Crippen molar-refractivity contribution in [2.75, 3.05) is 18.1 Å². The van der Waals surface area contributed by atoms with E-state index < -0.39 is 34.3 Å². The maximum Gasteiger partial charge on any atom is 0.323 e. The Morgan fingerprint density at radius 3 is 2.57 bits per heavy atom. The zero-order chi connectivity index (χ0) is 15.6. The van der Waals surface area contributed by atoms with Gasteiger partial charge in [-0.15, -0.1) is 0 Å². The lowest BCUT2D eigenvalue weighted by molar-refractivity contribution is -0.138. The van der Waals surface area contributed by atoms with Gasteiger partial charge >= 0.3 is 5.97 Å². The van der Waals surface area contributed by atoms with Crippen LogP contribution in [-0.4, -0.2) is 59.5 Å². The number of benzene rings is 1. The Morgan fingerprint density at radius 1 is 1.33 bits per heavy atom. The second-order valence-electron chi connectivity index (χ2n) is 4.93. The van der Waals surface area contributed by atoms with Gasteiger partial charge in [-0.2, -0.15) is 0 Å². The summed E-state index contributed by atoms with van der Waals surface area (Å²) in [5.74, 6) is -2.22. The summed E-state index contributed by atoms with van der Waals surface area (Å²) in [5.41, 5.74) is 0.126. The third kappa shape index (κ3) is 3.72. The van der Waals surface area contributed by atoms with Crippen molar-refractivity contribution in [3.05, 3.63) is 29.8 Å². The molecule has 1 aliphatic heterocycles. The van der Waals surface area contributed by atoms with Gasteiger partial charge in [-0.1, -0.05) is 6.07 Å². The molecule has 0 aliphatic carbocycles. The third-order valence-electron chi connectivity index (χ3n) is 3.31. The molecule has 7 nitrogen and oxygen atoms in total. The van der Waals surface area contributed by atoms with E-state index in [4.69, 9.17) is 5.11 Å². The molecule has 114 valence electrons. The minimum atomic E-state index is -3.24. The van der Waals surface area contributed by atoms with Crippen LogP contribution in [0, 0.1) is 0 Å². The van der Waals surface area contributed by atoms with Gasteiger partial charge in [-0.3, -0.25) is 9.59 Å². The Labute approximate surface area is 121 Å². The fourth-order valence-electron chi connectivity index (χ4n) is 2.34. The van der Waals surface area contributed by atoms with Gasteiger partial charge in [-0.25, -0.2) is 8.42 Å². The van der Waals surface area contributed by atoms with E-state index >= 15 is 0 Å². The average Bonchev–Trinajstić information content (AvgIpc) is 2.75. The number of phenols is 1. The number of carboxylic acids is 1. The summed E-state index contributed by atoms with van der Waals surface area (Å²) in [6.07, 6.45) is 0.222. The first kappa shape index (κ1) is 15.3. The highest BCUT2D eigenvalue weighted by Gasteiger charge is 2.36. The van der Waals surface area contributed by atoms with Crippen molar-refractivity contribution in [1.29, 1.82) is 0 Å². The molecule has 1 aromatic rings. The van der Waals surface area contributed by atoms with Crippen molar-refractivity contribution in [1.82, 2.24) is 4.90 Å². The molecule has 0 radical (unpaired) electrons. The topological polar surface area (TPSA) is 112 Å². The summed E-state index contributed by atoms with van der Waals surface area (Å²) in [7, 11) is -3.24. The first-order chi connectivity index (χ1) is 9.78. The molecule has 1 aromatic carbocycles. The minimum absolute atomic E-state index is 0.0545. The second kappa shape index (κ2) is 5.72. The number of carboxylic acid groups (broad SMARTS) is 1. The zero-order valence-corrected chi connectivity index (χ0v) is 11.9. The summed E-state index contributed by atoms with van der Waals surface area (Å²) in [4.78, 5) is 24.4. The standard InChI is InChI=1S/C13H15NO6S/c15-11-3-1-2-9(6-11)13(18)14(7-12(16)17)10-4-5-21(19,20)8-10/h1-3,6,10,15H,4-5,7-8H2,(H,16,17). The van der Waals surface area contributed by atoms with Gasteiger partial charge in [0.2, 0.25) is 0 Å². The second-order valence-corrected chi connectivity index (χ2v) is 7.16. The van der Waals surface area contributed by atoms with Crippen molar-refractivity contribution >= 4 is 21.7 Å². The number of hydrogen-bond donors (Lipinski definition) is 2. The number of carbonyl (C=O) groups excluding carboxylic acids is 1. The third-order valence-corrected chi connectivity index (χ3v) is 5.06. The molecular formula is C13H15NO6S. The lowest BCUT2D eigenvalue weighted by Gasteiger charge is -2.26. The van der Waals surface area contributed by atoms with Crippen LogP contribution in [0.15, 0.2) is 24.3 Å². The Balaban J connectivity index is 2.28. The molecule has 2 rings (SSSR count).